The first-order valence-electron chi connectivity index (χ1n) is 8.57. The van der Waals surface area contributed by atoms with Gasteiger partial charge in [0, 0.05) is 6.54 Å². The molecule has 3 aromatic rings. The Labute approximate surface area is 152 Å². The molecule has 4 nitrogen and oxygen atoms in total. The lowest BCUT2D eigenvalue weighted by atomic mass is 10.1. The Morgan fingerprint density at radius 3 is 2.52 bits per heavy atom. The number of carbonyl (C=O) groups is 1. The third-order valence-corrected chi connectivity index (χ3v) is 5.34. The van der Waals surface area contributed by atoms with Crippen molar-refractivity contribution in [3.8, 4) is 0 Å². The number of imidazole rings is 1. The number of aryl methyl sites for hydroxylation is 1. The molecule has 2 aromatic carbocycles. The molecule has 1 aromatic heterocycles. The van der Waals surface area contributed by atoms with Crippen LogP contribution in [-0.2, 0) is 11.3 Å². The fourth-order valence-corrected chi connectivity index (χ4v) is 3.81. The van der Waals surface area contributed by atoms with Gasteiger partial charge >= 0.3 is 0 Å². The smallest absolute Gasteiger partial charge is 0.233 e. The lowest BCUT2D eigenvalue weighted by Crippen LogP contribution is -2.33. The average molecular weight is 353 g/mol. The second-order valence-electron chi connectivity index (χ2n) is 6.03. The Hall–Kier alpha value is -2.27. The van der Waals surface area contributed by atoms with E-state index in [9.17, 15) is 4.79 Å². The molecule has 3 rings (SSSR count). The summed E-state index contributed by atoms with van der Waals surface area (Å²) in [5.41, 5.74) is 3.18. The summed E-state index contributed by atoms with van der Waals surface area (Å²) >= 11 is 1.51. The van der Waals surface area contributed by atoms with Gasteiger partial charge in [0.2, 0.25) is 5.91 Å². The van der Waals surface area contributed by atoms with Gasteiger partial charge in [-0.1, -0.05) is 54.2 Å². The van der Waals surface area contributed by atoms with Crippen molar-refractivity contribution < 1.29 is 4.79 Å². The average Bonchev–Trinajstić information content (AvgIpc) is 2.99. The molecule has 0 radical (unpaired) electrons. The first-order chi connectivity index (χ1) is 12.1. The highest BCUT2D eigenvalue weighted by molar-refractivity contribution is 8.00. The third kappa shape index (κ3) is 3.87. The normalized spacial score (nSPS) is 13.6. The molecule has 0 saturated carbocycles. The zero-order valence-corrected chi connectivity index (χ0v) is 15.6. The Bertz CT molecular complexity index is 860. The second-order valence-corrected chi connectivity index (χ2v) is 7.34. The van der Waals surface area contributed by atoms with E-state index in [4.69, 9.17) is 0 Å². The summed E-state index contributed by atoms with van der Waals surface area (Å²) in [5, 5.41) is 3.76. The molecular formula is C20H23N3OS. The molecule has 0 spiro atoms. The number of fused-ring (bicyclic) bond motifs is 1. The van der Waals surface area contributed by atoms with Crippen LogP contribution in [0.5, 0.6) is 0 Å². The van der Waals surface area contributed by atoms with Crippen molar-refractivity contribution in [3.05, 3.63) is 60.2 Å². The Kier molecular flexibility index (Phi) is 5.43. The molecule has 0 aliphatic rings. The highest BCUT2D eigenvalue weighted by Gasteiger charge is 2.20. The van der Waals surface area contributed by atoms with Gasteiger partial charge in [-0.05, 0) is 38.5 Å². The minimum absolute atomic E-state index is 0.0123. The molecule has 25 heavy (non-hydrogen) atoms. The van der Waals surface area contributed by atoms with Crippen molar-refractivity contribution in [3.63, 3.8) is 0 Å². The van der Waals surface area contributed by atoms with E-state index < -0.39 is 0 Å². The molecule has 0 fully saturated rings. The summed E-state index contributed by atoms with van der Waals surface area (Å²) in [4.78, 5) is 17.3. The number of thioether (sulfide) groups is 1. The van der Waals surface area contributed by atoms with Crippen LogP contribution in [0.1, 0.15) is 32.4 Å². The summed E-state index contributed by atoms with van der Waals surface area (Å²) in [6.45, 7) is 6.86. The summed E-state index contributed by atoms with van der Waals surface area (Å²) in [7, 11) is 0. The quantitative estimate of drug-likeness (QED) is 0.668. The van der Waals surface area contributed by atoms with Gasteiger partial charge in [0.1, 0.15) is 0 Å². The first-order valence-corrected chi connectivity index (χ1v) is 9.45. The topological polar surface area (TPSA) is 46.9 Å². The molecule has 0 aliphatic carbocycles. The van der Waals surface area contributed by atoms with Crippen molar-refractivity contribution in [2.75, 3.05) is 0 Å². The van der Waals surface area contributed by atoms with Crippen LogP contribution >= 0.6 is 11.8 Å². The molecule has 1 N–H and O–H groups in total. The number of nitrogens with zero attached hydrogens (tertiary/aromatic N) is 2. The maximum atomic E-state index is 12.6. The van der Waals surface area contributed by atoms with E-state index in [1.165, 1.54) is 11.8 Å². The van der Waals surface area contributed by atoms with Crippen molar-refractivity contribution in [2.45, 2.75) is 43.8 Å². The van der Waals surface area contributed by atoms with E-state index >= 15 is 0 Å². The zero-order chi connectivity index (χ0) is 17.8. The largest absolute Gasteiger partial charge is 0.349 e. The molecule has 2 atom stereocenters. The number of rotatable bonds is 6. The van der Waals surface area contributed by atoms with Crippen LogP contribution in [0.25, 0.3) is 11.0 Å². The maximum absolute atomic E-state index is 12.6. The number of carbonyl (C=O) groups excluding carboxylic acids is 1. The number of nitrogens with one attached hydrogen (secondary N) is 1. The highest BCUT2D eigenvalue weighted by atomic mass is 32.2. The Morgan fingerprint density at radius 2 is 1.80 bits per heavy atom. The number of hydrogen-bond acceptors (Lipinski definition) is 3. The van der Waals surface area contributed by atoms with Crippen LogP contribution < -0.4 is 5.32 Å². The van der Waals surface area contributed by atoms with E-state index in [0.717, 1.165) is 28.3 Å². The van der Waals surface area contributed by atoms with Crippen LogP contribution in [0.2, 0.25) is 0 Å². The number of benzene rings is 2. The van der Waals surface area contributed by atoms with Gasteiger partial charge in [-0.3, -0.25) is 4.79 Å². The standard InChI is InChI=1S/C20H23N3OS/c1-4-23-18-13-9-8-12-17(18)22-20(23)25-15(3)19(24)21-14(2)16-10-6-5-7-11-16/h5-15H,4H2,1-3H3,(H,21,24). The molecule has 1 heterocycles. The Balaban J connectivity index is 1.71. The molecular weight excluding hydrogens is 330 g/mol. The van der Waals surface area contributed by atoms with E-state index in [-0.39, 0.29) is 17.2 Å². The summed E-state index contributed by atoms with van der Waals surface area (Å²) in [6.07, 6.45) is 0. The molecule has 130 valence electrons. The van der Waals surface area contributed by atoms with E-state index in [1.54, 1.807) is 0 Å². The number of amides is 1. The lowest BCUT2D eigenvalue weighted by molar-refractivity contribution is -0.120. The fourth-order valence-electron chi connectivity index (χ4n) is 2.82. The van der Waals surface area contributed by atoms with Gasteiger partial charge in [-0.15, -0.1) is 0 Å². The first kappa shape index (κ1) is 17.5. The summed E-state index contributed by atoms with van der Waals surface area (Å²) < 4.78 is 2.16. The minimum Gasteiger partial charge on any atom is -0.349 e. The van der Waals surface area contributed by atoms with Gasteiger partial charge < -0.3 is 9.88 Å². The lowest BCUT2D eigenvalue weighted by Gasteiger charge is -2.17. The van der Waals surface area contributed by atoms with Crippen molar-refractivity contribution in [1.82, 2.24) is 14.9 Å². The van der Waals surface area contributed by atoms with Gasteiger partial charge in [-0.2, -0.15) is 0 Å². The summed E-state index contributed by atoms with van der Waals surface area (Å²) in [5.74, 6) is 0.0241. The van der Waals surface area contributed by atoms with Crippen molar-refractivity contribution in [2.24, 2.45) is 0 Å². The molecule has 0 aliphatic heterocycles. The molecule has 0 saturated heterocycles. The highest BCUT2D eigenvalue weighted by Crippen LogP contribution is 2.27. The summed E-state index contributed by atoms with van der Waals surface area (Å²) in [6, 6.07) is 18.1. The molecule has 5 heteroatoms. The zero-order valence-electron chi connectivity index (χ0n) is 14.8. The second kappa shape index (κ2) is 7.74. The van der Waals surface area contributed by atoms with Crippen LogP contribution in [0.15, 0.2) is 59.8 Å². The van der Waals surface area contributed by atoms with E-state index in [0.29, 0.717) is 0 Å². The molecule has 1 amide bonds. The maximum Gasteiger partial charge on any atom is 0.233 e. The monoisotopic (exact) mass is 353 g/mol. The van der Waals surface area contributed by atoms with Gasteiger partial charge in [0.15, 0.2) is 5.16 Å². The van der Waals surface area contributed by atoms with E-state index in [1.807, 2.05) is 62.4 Å². The minimum atomic E-state index is -0.215. The van der Waals surface area contributed by atoms with Gasteiger partial charge in [-0.25, -0.2) is 4.98 Å². The SMILES string of the molecule is CCn1c(SC(C)C(=O)NC(C)c2ccccc2)nc2ccccc21. The third-order valence-electron chi connectivity index (χ3n) is 4.25. The van der Waals surface area contributed by atoms with Crippen LogP contribution in [-0.4, -0.2) is 20.7 Å². The van der Waals surface area contributed by atoms with E-state index in [2.05, 4.69) is 27.9 Å². The number of aromatic nitrogens is 2. The number of para-hydroxylation sites is 2. The van der Waals surface area contributed by atoms with Crippen LogP contribution in [0, 0.1) is 0 Å². The van der Waals surface area contributed by atoms with Crippen molar-refractivity contribution >= 4 is 28.7 Å². The van der Waals surface area contributed by atoms with Gasteiger partial charge in [0.25, 0.3) is 0 Å². The van der Waals surface area contributed by atoms with Gasteiger partial charge in [0.05, 0.1) is 22.3 Å². The molecule has 2 unspecified atom stereocenters. The predicted molar refractivity (Wildman–Crippen MR) is 104 cm³/mol. The molecule has 0 bridgehead atoms. The van der Waals surface area contributed by atoms with Crippen LogP contribution in [0.3, 0.4) is 0 Å². The van der Waals surface area contributed by atoms with Crippen molar-refractivity contribution in [1.29, 1.82) is 0 Å². The fraction of sp³-hybridized carbons (Fsp3) is 0.300. The predicted octanol–water partition coefficient (Wildman–Crippen LogP) is 4.41. The number of hydrogen-bond donors (Lipinski definition) is 1. The Morgan fingerprint density at radius 1 is 1.12 bits per heavy atom. The van der Waals surface area contributed by atoms with Crippen LogP contribution in [0.4, 0.5) is 0 Å².